The number of nitrogens with zero attached hydrogens (tertiary/aromatic N) is 1. The van der Waals surface area contributed by atoms with Crippen LogP contribution in [-0.2, 0) is 16.1 Å². The van der Waals surface area contributed by atoms with E-state index in [-0.39, 0.29) is 6.61 Å². The molecule has 5 heteroatoms. The number of hydrogen-bond donors (Lipinski definition) is 2. The van der Waals surface area contributed by atoms with Crippen molar-refractivity contribution in [2.75, 3.05) is 19.8 Å². The van der Waals surface area contributed by atoms with Crippen LogP contribution in [-0.4, -0.2) is 35.8 Å². The predicted octanol–water partition coefficient (Wildman–Crippen LogP) is 4.39. The summed E-state index contributed by atoms with van der Waals surface area (Å²) in [7, 11) is 0. The van der Waals surface area contributed by atoms with Gasteiger partial charge in [0, 0.05) is 24.3 Å². The smallest absolute Gasteiger partial charge is 0.329 e. The van der Waals surface area contributed by atoms with Gasteiger partial charge in [-0.1, -0.05) is 66.7 Å². The van der Waals surface area contributed by atoms with Crippen molar-refractivity contribution < 1.29 is 14.6 Å². The summed E-state index contributed by atoms with van der Waals surface area (Å²) in [6.07, 6.45) is 1.75. The van der Waals surface area contributed by atoms with Crippen LogP contribution in [0.25, 0.3) is 22.4 Å². The fraction of sp³-hybridized carbons (Fsp3) is 0.250. The normalized spacial score (nSPS) is 10.8. The molecule has 0 aliphatic rings. The number of benzene rings is 2. The van der Waals surface area contributed by atoms with Crippen molar-refractivity contribution in [3.8, 4) is 22.4 Å². The van der Waals surface area contributed by atoms with Crippen LogP contribution in [0, 0.1) is 0 Å². The van der Waals surface area contributed by atoms with E-state index in [1.54, 1.807) is 0 Å². The number of hydrogen-bond acceptors (Lipinski definition) is 4. The van der Waals surface area contributed by atoms with Gasteiger partial charge in [0.15, 0.2) is 0 Å². The highest BCUT2D eigenvalue weighted by molar-refractivity contribution is 5.80. The molecule has 0 radical (unpaired) electrons. The SMILES string of the molecule is O=C(O)COCCCCNCc1ccc(-c2ccccc2)c(-c2ccccc2)n1. The molecule has 2 aromatic carbocycles. The molecule has 0 spiro atoms. The van der Waals surface area contributed by atoms with Gasteiger partial charge in [-0.05, 0) is 31.0 Å². The molecule has 0 amide bonds. The third-order valence-corrected chi connectivity index (χ3v) is 4.51. The molecule has 0 saturated heterocycles. The van der Waals surface area contributed by atoms with Gasteiger partial charge < -0.3 is 15.2 Å². The Hall–Kier alpha value is -3.02. The number of carbonyl (C=O) groups is 1. The van der Waals surface area contributed by atoms with Gasteiger partial charge in [-0.3, -0.25) is 4.98 Å². The first-order chi connectivity index (χ1) is 14.2. The average molecular weight is 390 g/mol. The molecule has 1 heterocycles. The largest absolute Gasteiger partial charge is 0.480 e. The van der Waals surface area contributed by atoms with E-state index in [0.717, 1.165) is 47.5 Å². The fourth-order valence-corrected chi connectivity index (χ4v) is 3.09. The molecule has 0 unspecified atom stereocenters. The molecule has 29 heavy (non-hydrogen) atoms. The van der Waals surface area contributed by atoms with Gasteiger partial charge in [0.2, 0.25) is 0 Å². The number of rotatable bonds is 11. The lowest BCUT2D eigenvalue weighted by molar-refractivity contribution is -0.142. The number of pyridine rings is 1. The second-order valence-electron chi connectivity index (χ2n) is 6.76. The van der Waals surface area contributed by atoms with Crippen LogP contribution in [0.5, 0.6) is 0 Å². The van der Waals surface area contributed by atoms with E-state index < -0.39 is 5.97 Å². The number of ether oxygens (including phenoxy) is 1. The van der Waals surface area contributed by atoms with Gasteiger partial charge >= 0.3 is 5.97 Å². The van der Waals surface area contributed by atoms with Crippen molar-refractivity contribution in [1.29, 1.82) is 0 Å². The second kappa shape index (κ2) is 11.1. The zero-order valence-electron chi connectivity index (χ0n) is 16.4. The Kier molecular flexibility index (Phi) is 7.92. The van der Waals surface area contributed by atoms with Crippen molar-refractivity contribution in [3.63, 3.8) is 0 Å². The summed E-state index contributed by atoms with van der Waals surface area (Å²) in [4.78, 5) is 15.3. The standard InChI is InChI=1S/C24H26N2O3/c27-23(28)18-29-16-8-7-15-25-17-21-13-14-22(19-9-3-1-4-10-19)24(26-21)20-11-5-2-6-12-20/h1-6,9-14,25H,7-8,15-18H2,(H,27,28). The minimum Gasteiger partial charge on any atom is -0.480 e. The summed E-state index contributed by atoms with van der Waals surface area (Å²) in [5.74, 6) is -0.928. The van der Waals surface area contributed by atoms with Crippen molar-refractivity contribution in [2.24, 2.45) is 0 Å². The first-order valence-corrected chi connectivity index (χ1v) is 9.85. The van der Waals surface area contributed by atoms with E-state index in [0.29, 0.717) is 13.2 Å². The number of aliphatic carboxylic acids is 1. The topological polar surface area (TPSA) is 71.5 Å². The first kappa shape index (κ1) is 20.7. The molecule has 0 aliphatic heterocycles. The molecular weight excluding hydrogens is 364 g/mol. The molecule has 0 fully saturated rings. The highest BCUT2D eigenvalue weighted by Crippen LogP contribution is 2.30. The zero-order chi connectivity index (χ0) is 20.3. The van der Waals surface area contributed by atoms with Crippen molar-refractivity contribution in [3.05, 3.63) is 78.5 Å². The quantitative estimate of drug-likeness (QED) is 0.475. The monoisotopic (exact) mass is 390 g/mol. The Morgan fingerprint density at radius 1 is 0.897 bits per heavy atom. The summed E-state index contributed by atoms with van der Waals surface area (Å²) in [6.45, 7) is 1.76. The zero-order valence-corrected chi connectivity index (χ0v) is 16.4. The summed E-state index contributed by atoms with van der Waals surface area (Å²) in [6, 6.07) is 24.8. The third kappa shape index (κ3) is 6.52. The van der Waals surface area contributed by atoms with Gasteiger partial charge in [0.05, 0.1) is 11.4 Å². The molecule has 150 valence electrons. The van der Waals surface area contributed by atoms with Crippen molar-refractivity contribution in [2.45, 2.75) is 19.4 Å². The van der Waals surface area contributed by atoms with Gasteiger partial charge in [-0.2, -0.15) is 0 Å². The van der Waals surface area contributed by atoms with Crippen LogP contribution in [0.1, 0.15) is 18.5 Å². The van der Waals surface area contributed by atoms with Crippen LogP contribution in [0.3, 0.4) is 0 Å². The lowest BCUT2D eigenvalue weighted by Crippen LogP contribution is -2.16. The maximum absolute atomic E-state index is 10.4. The fourth-order valence-electron chi connectivity index (χ4n) is 3.09. The Bertz CT molecular complexity index is 899. The van der Waals surface area contributed by atoms with Crippen LogP contribution in [0.2, 0.25) is 0 Å². The number of aromatic nitrogens is 1. The van der Waals surface area contributed by atoms with Gasteiger partial charge in [-0.15, -0.1) is 0 Å². The van der Waals surface area contributed by atoms with Crippen LogP contribution >= 0.6 is 0 Å². The van der Waals surface area contributed by atoms with Crippen LogP contribution < -0.4 is 5.32 Å². The van der Waals surface area contributed by atoms with Crippen molar-refractivity contribution in [1.82, 2.24) is 10.3 Å². The Balaban J connectivity index is 1.61. The van der Waals surface area contributed by atoms with Crippen LogP contribution in [0.4, 0.5) is 0 Å². The Labute approximate surface area is 171 Å². The van der Waals surface area contributed by atoms with E-state index in [2.05, 4.69) is 41.7 Å². The molecule has 3 aromatic rings. The minimum atomic E-state index is -0.928. The molecule has 3 rings (SSSR count). The number of carboxylic acids is 1. The lowest BCUT2D eigenvalue weighted by atomic mass is 9.99. The molecule has 0 saturated carbocycles. The summed E-state index contributed by atoms with van der Waals surface area (Å²) >= 11 is 0. The summed E-state index contributed by atoms with van der Waals surface area (Å²) in [5.41, 5.74) is 5.35. The molecule has 0 atom stereocenters. The summed E-state index contributed by atoms with van der Waals surface area (Å²) < 4.78 is 5.04. The maximum Gasteiger partial charge on any atom is 0.329 e. The van der Waals surface area contributed by atoms with Crippen molar-refractivity contribution >= 4 is 5.97 Å². The van der Waals surface area contributed by atoms with E-state index in [9.17, 15) is 4.79 Å². The van der Waals surface area contributed by atoms with Gasteiger partial charge in [0.1, 0.15) is 6.61 Å². The average Bonchev–Trinajstić information content (AvgIpc) is 2.76. The third-order valence-electron chi connectivity index (χ3n) is 4.51. The van der Waals surface area contributed by atoms with Gasteiger partial charge in [-0.25, -0.2) is 4.79 Å². The second-order valence-corrected chi connectivity index (χ2v) is 6.76. The first-order valence-electron chi connectivity index (χ1n) is 9.85. The molecule has 0 aliphatic carbocycles. The molecule has 0 bridgehead atoms. The highest BCUT2D eigenvalue weighted by Gasteiger charge is 2.10. The maximum atomic E-state index is 10.4. The van der Waals surface area contributed by atoms with E-state index in [4.69, 9.17) is 14.8 Å². The Morgan fingerprint density at radius 2 is 1.59 bits per heavy atom. The Morgan fingerprint density at radius 3 is 2.28 bits per heavy atom. The molecular formula is C24H26N2O3. The van der Waals surface area contributed by atoms with E-state index in [1.807, 2.05) is 36.4 Å². The minimum absolute atomic E-state index is 0.229. The predicted molar refractivity (Wildman–Crippen MR) is 115 cm³/mol. The van der Waals surface area contributed by atoms with Crippen LogP contribution in [0.15, 0.2) is 72.8 Å². The number of carboxylic acid groups (broad SMARTS) is 1. The molecule has 1 aromatic heterocycles. The number of unbranched alkanes of at least 4 members (excludes halogenated alkanes) is 1. The molecule has 2 N–H and O–H groups in total. The highest BCUT2D eigenvalue weighted by atomic mass is 16.5. The summed E-state index contributed by atoms with van der Waals surface area (Å²) in [5, 5.41) is 11.9. The molecule has 5 nitrogen and oxygen atoms in total. The lowest BCUT2D eigenvalue weighted by Gasteiger charge is -2.12. The van der Waals surface area contributed by atoms with E-state index >= 15 is 0 Å². The van der Waals surface area contributed by atoms with Gasteiger partial charge in [0.25, 0.3) is 0 Å². The number of nitrogens with one attached hydrogen (secondary N) is 1. The van der Waals surface area contributed by atoms with E-state index in [1.165, 1.54) is 0 Å².